The molecule has 5 aromatic rings. The molecule has 0 saturated carbocycles. The summed E-state index contributed by atoms with van der Waals surface area (Å²) in [6, 6.07) is 17.5. The van der Waals surface area contributed by atoms with Gasteiger partial charge in [0.1, 0.15) is 0 Å². The first-order chi connectivity index (χ1) is 16.9. The second-order valence-electron chi connectivity index (χ2n) is 9.26. The minimum atomic E-state index is -0.240. The van der Waals surface area contributed by atoms with Crippen LogP contribution < -0.4 is 0 Å². The van der Waals surface area contributed by atoms with Crippen LogP contribution in [0.2, 0.25) is 0 Å². The topological polar surface area (TPSA) is 65.1 Å². The zero-order chi connectivity index (χ0) is 24.4. The van der Waals surface area contributed by atoms with Crippen LogP contribution in [-0.4, -0.2) is 21.1 Å². The van der Waals surface area contributed by atoms with Gasteiger partial charge in [0.15, 0.2) is 22.8 Å². The van der Waals surface area contributed by atoms with Gasteiger partial charge in [0.25, 0.3) is 0 Å². The molecular formula is C30H24N2O3. The highest BCUT2D eigenvalue weighted by molar-refractivity contribution is 6.42. The van der Waals surface area contributed by atoms with Gasteiger partial charge in [-0.15, -0.1) is 0 Å². The van der Waals surface area contributed by atoms with Gasteiger partial charge in [-0.2, -0.15) is 4.98 Å². The normalized spacial score (nSPS) is 13.3. The van der Waals surface area contributed by atoms with Crippen LogP contribution in [0.1, 0.15) is 50.0 Å². The Labute approximate surface area is 202 Å². The van der Waals surface area contributed by atoms with Gasteiger partial charge in [-0.1, -0.05) is 42.0 Å². The summed E-state index contributed by atoms with van der Waals surface area (Å²) < 4.78 is 8.16. The molecule has 2 aromatic heterocycles. The summed E-state index contributed by atoms with van der Waals surface area (Å²) in [5.41, 5.74) is 7.59. The van der Waals surface area contributed by atoms with E-state index in [1.54, 1.807) is 6.08 Å². The van der Waals surface area contributed by atoms with Crippen LogP contribution in [0.15, 0.2) is 64.6 Å². The van der Waals surface area contributed by atoms with E-state index in [4.69, 9.17) is 9.40 Å². The molecule has 0 N–H and O–H groups in total. The molecule has 2 heterocycles. The number of carbonyl (C=O) groups is 2. The molecule has 5 heteroatoms. The van der Waals surface area contributed by atoms with Gasteiger partial charge in [-0.25, -0.2) is 0 Å². The number of ketones is 2. The lowest BCUT2D eigenvalue weighted by Crippen LogP contribution is -2.03. The predicted molar refractivity (Wildman–Crippen MR) is 138 cm³/mol. The van der Waals surface area contributed by atoms with Gasteiger partial charge >= 0.3 is 0 Å². The number of rotatable bonds is 3. The maximum atomic E-state index is 13.2. The summed E-state index contributed by atoms with van der Waals surface area (Å²) in [6.07, 6.45) is 1.68. The van der Waals surface area contributed by atoms with Crippen molar-refractivity contribution in [3.63, 3.8) is 0 Å². The Bertz CT molecular complexity index is 1670. The van der Waals surface area contributed by atoms with Gasteiger partial charge in [-0.3, -0.25) is 9.59 Å². The molecule has 35 heavy (non-hydrogen) atoms. The maximum Gasteiger partial charge on any atom is 0.229 e. The van der Waals surface area contributed by atoms with E-state index in [1.807, 2.05) is 54.0 Å². The van der Waals surface area contributed by atoms with Gasteiger partial charge in [0.2, 0.25) is 5.89 Å². The molecule has 0 bridgehead atoms. The highest BCUT2D eigenvalue weighted by Gasteiger charge is 2.34. The molecule has 0 aliphatic heterocycles. The first-order valence-electron chi connectivity index (χ1n) is 11.8. The number of aromatic nitrogens is 2. The molecule has 5 nitrogen and oxygen atoms in total. The molecule has 3 aromatic carbocycles. The third-order valence-corrected chi connectivity index (χ3v) is 6.84. The summed E-state index contributed by atoms with van der Waals surface area (Å²) in [4.78, 5) is 31.2. The first kappa shape index (κ1) is 21.3. The summed E-state index contributed by atoms with van der Waals surface area (Å²) in [7, 11) is 0. The lowest BCUT2D eigenvalue weighted by molar-refractivity contribution is 0.0990. The second-order valence-corrected chi connectivity index (χ2v) is 9.26. The molecule has 172 valence electrons. The van der Waals surface area contributed by atoms with Crippen LogP contribution in [-0.2, 0) is 6.54 Å². The van der Waals surface area contributed by atoms with E-state index in [1.165, 1.54) is 5.56 Å². The fourth-order valence-electron chi connectivity index (χ4n) is 5.31. The predicted octanol–water partition coefficient (Wildman–Crippen LogP) is 6.86. The van der Waals surface area contributed by atoms with Crippen LogP contribution in [0.4, 0.5) is 0 Å². The molecule has 0 unspecified atom stereocenters. The third-order valence-electron chi connectivity index (χ3n) is 6.84. The standard InChI is InChI=1S/C30H24N2O3/c1-5-32-21(15-25-29(32)31-30(35-25)26-17(3)10-16(2)11-18(26)4)14-24-27(33)22-12-19-8-6-7-9-20(19)13-23(22)28(24)34/h6-15H,5H2,1-4H3. The maximum absolute atomic E-state index is 13.2. The summed E-state index contributed by atoms with van der Waals surface area (Å²) >= 11 is 0. The minimum absolute atomic E-state index is 0.176. The molecular weight excluding hydrogens is 436 g/mol. The Morgan fingerprint density at radius 3 is 2.06 bits per heavy atom. The lowest BCUT2D eigenvalue weighted by Gasteiger charge is -2.08. The number of Topliss-reactive ketones (excluding diaryl/α,β-unsaturated/α-hetero) is 2. The Balaban J connectivity index is 1.45. The van der Waals surface area contributed by atoms with Crippen molar-refractivity contribution in [3.8, 4) is 11.5 Å². The number of aryl methyl sites for hydroxylation is 4. The molecule has 1 aliphatic rings. The Morgan fingerprint density at radius 2 is 1.49 bits per heavy atom. The SMILES string of the molecule is CCn1c(C=C2C(=O)c3cc4ccccc4cc3C2=O)cc2oc(-c3c(C)cc(C)cc3C)nc21. The number of hydrogen-bond donors (Lipinski definition) is 0. The molecule has 0 saturated heterocycles. The van der Waals surface area contributed by atoms with Crippen molar-refractivity contribution >= 4 is 39.6 Å². The minimum Gasteiger partial charge on any atom is -0.434 e. The van der Waals surface area contributed by atoms with Crippen molar-refractivity contribution in [3.05, 3.63) is 93.7 Å². The van der Waals surface area contributed by atoms with E-state index in [9.17, 15) is 9.59 Å². The highest BCUT2D eigenvalue weighted by atomic mass is 16.3. The number of carbonyl (C=O) groups excluding carboxylic acids is 2. The fourth-order valence-corrected chi connectivity index (χ4v) is 5.31. The zero-order valence-corrected chi connectivity index (χ0v) is 20.1. The molecule has 1 aliphatic carbocycles. The van der Waals surface area contributed by atoms with E-state index < -0.39 is 0 Å². The van der Waals surface area contributed by atoms with Gasteiger partial charge < -0.3 is 8.98 Å². The van der Waals surface area contributed by atoms with Crippen molar-refractivity contribution in [1.29, 1.82) is 0 Å². The van der Waals surface area contributed by atoms with Gasteiger partial charge in [0, 0.05) is 35.0 Å². The van der Waals surface area contributed by atoms with Gasteiger partial charge in [0.05, 0.1) is 5.57 Å². The van der Waals surface area contributed by atoms with Crippen LogP contribution in [0.25, 0.3) is 39.5 Å². The number of allylic oxidation sites excluding steroid dienone is 1. The van der Waals surface area contributed by atoms with Crippen LogP contribution >= 0.6 is 0 Å². The zero-order valence-electron chi connectivity index (χ0n) is 20.1. The largest absolute Gasteiger partial charge is 0.434 e. The molecule has 0 atom stereocenters. The smallest absolute Gasteiger partial charge is 0.229 e. The van der Waals surface area contributed by atoms with E-state index in [-0.39, 0.29) is 17.1 Å². The van der Waals surface area contributed by atoms with Crippen molar-refractivity contribution in [2.24, 2.45) is 0 Å². The van der Waals surface area contributed by atoms with Crippen LogP contribution in [0, 0.1) is 20.8 Å². The molecule has 6 rings (SSSR count). The molecule has 0 spiro atoms. The quantitative estimate of drug-likeness (QED) is 0.218. The van der Waals surface area contributed by atoms with E-state index in [0.717, 1.165) is 33.2 Å². The first-order valence-corrected chi connectivity index (χ1v) is 11.8. The summed E-state index contributed by atoms with van der Waals surface area (Å²) in [5.74, 6) is 0.102. The van der Waals surface area contributed by atoms with E-state index in [0.29, 0.717) is 34.8 Å². The fraction of sp³-hybridized carbons (Fsp3) is 0.167. The molecule has 0 radical (unpaired) electrons. The van der Waals surface area contributed by atoms with Crippen LogP contribution in [0.3, 0.4) is 0 Å². The van der Waals surface area contributed by atoms with Crippen molar-refractivity contribution in [1.82, 2.24) is 9.55 Å². The summed E-state index contributed by atoms with van der Waals surface area (Å²) in [5, 5.41) is 1.89. The van der Waals surface area contributed by atoms with Crippen molar-refractivity contribution in [2.75, 3.05) is 0 Å². The van der Waals surface area contributed by atoms with Crippen LogP contribution in [0.5, 0.6) is 0 Å². The highest BCUT2D eigenvalue weighted by Crippen LogP contribution is 2.35. The number of hydrogen-bond acceptors (Lipinski definition) is 4. The van der Waals surface area contributed by atoms with Gasteiger partial charge in [-0.05, 0) is 67.8 Å². The Hall–Kier alpha value is -4.25. The summed E-state index contributed by atoms with van der Waals surface area (Å²) in [6.45, 7) is 8.84. The Morgan fingerprint density at radius 1 is 0.886 bits per heavy atom. The van der Waals surface area contributed by atoms with E-state index >= 15 is 0 Å². The lowest BCUT2D eigenvalue weighted by atomic mass is 10.00. The average molecular weight is 461 g/mol. The number of oxazole rings is 1. The number of fused-ring (bicyclic) bond motifs is 3. The third kappa shape index (κ3) is 3.19. The van der Waals surface area contributed by atoms with Crippen molar-refractivity contribution in [2.45, 2.75) is 34.2 Å². The second kappa shape index (κ2) is 7.64. The number of benzene rings is 3. The average Bonchev–Trinajstić information content (AvgIpc) is 3.43. The van der Waals surface area contributed by atoms with Crippen molar-refractivity contribution < 1.29 is 14.0 Å². The molecule has 0 fully saturated rings. The monoisotopic (exact) mass is 460 g/mol. The number of nitrogens with zero attached hydrogens (tertiary/aromatic N) is 2. The van der Waals surface area contributed by atoms with E-state index in [2.05, 4.69) is 32.9 Å². The Kier molecular flexibility index (Phi) is 4.65. The molecule has 0 amide bonds.